The fourth-order valence-electron chi connectivity index (χ4n) is 2.13. The molecule has 0 fully saturated rings. The number of hydrogen-bond acceptors (Lipinski definition) is 3. The normalized spacial score (nSPS) is 12.4. The molecule has 0 bridgehead atoms. The summed E-state index contributed by atoms with van der Waals surface area (Å²) in [6, 6.07) is 5.70. The van der Waals surface area contributed by atoms with Crippen molar-refractivity contribution in [1.82, 2.24) is 9.78 Å². The van der Waals surface area contributed by atoms with Gasteiger partial charge in [-0.15, -0.1) is 0 Å². The third-order valence-corrected chi connectivity index (χ3v) is 3.81. The van der Waals surface area contributed by atoms with E-state index in [4.69, 9.17) is 27.9 Å². The highest BCUT2D eigenvalue weighted by molar-refractivity contribution is 6.35. The van der Waals surface area contributed by atoms with Crippen molar-refractivity contribution >= 4 is 28.9 Å². The minimum Gasteiger partial charge on any atom is -0.383 e. The van der Waals surface area contributed by atoms with Gasteiger partial charge in [-0.1, -0.05) is 36.2 Å². The van der Waals surface area contributed by atoms with Crippen LogP contribution >= 0.6 is 23.2 Å². The molecule has 2 rings (SSSR count). The van der Waals surface area contributed by atoms with E-state index in [1.807, 2.05) is 29.2 Å². The van der Waals surface area contributed by atoms with Gasteiger partial charge in [0.25, 0.3) is 0 Å². The van der Waals surface area contributed by atoms with Crippen molar-refractivity contribution in [1.29, 1.82) is 0 Å². The maximum absolute atomic E-state index is 6.28. The Morgan fingerprint density at radius 1 is 1.38 bits per heavy atom. The quantitative estimate of drug-likeness (QED) is 0.819. The molecule has 1 aromatic carbocycles. The second-order valence-corrected chi connectivity index (χ2v) is 5.60. The maximum atomic E-state index is 6.28. The van der Waals surface area contributed by atoms with Gasteiger partial charge in [-0.3, -0.25) is 4.68 Å². The van der Waals surface area contributed by atoms with Crippen LogP contribution in [0.1, 0.15) is 24.9 Å². The molecule has 1 heterocycles. The molecule has 114 valence electrons. The Bertz CT molecular complexity index is 586. The molecule has 1 N–H and O–H groups in total. The number of anilines is 1. The number of halogens is 2. The second kappa shape index (κ2) is 7.69. The summed E-state index contributed by atoms with van der Waals surface area (Å²) in [5, 5.41) is 9.06. The second-order valence-electron chi connectivity index (χ2n) is 4.76. The van der Waals surface area contributed by atoms with Crippen LogP contribution in [0.2, 0.25) is 10.0 Å². The number of benzene rings is 1. The summed E-state index contributed by atoms with van der Waals surface area (Å²) in [5.41, 5.74) is 2.00. The van der Waals surface area contributed by atoms with Crippen molar-refractivity contribution in [3.63, 3.8) is 0 Å². The minimum absolute atomic E-state index is 0.120. The smallest absolute Gasteiger partial charge is 0.0731 e. The molecule has 0 spiro atoms. The Kier molecular flexibility index (Phi) is 5.91. The molecule has 1 unspecified atom stereocenters. The fourth-order valence-corrected chi connectivity index (χ4v) is 2.67. The molecule has 0 aliphatic rings. The molecule has 0 aliphatic heterocycles. The van der Waals surface area contributed by atoms with Crippen LogP contribution in [0.3, 0.4) is 0 Å². The lowest BCUT2D eigenvalue weighted by atomic mass is 10.0. The molecule has 0 saturated carbocycles. The van der Waals surface area contributed by atoms with Crippen molar-refractivity contribution in [2.45, 2.75) is 25.9 Å². The SMILES string of the molecule is CCC(Nc1cnn(CCOC)c1)c1ccc(Cl)cc1Cl. The van der Waals surface area contributed by atoms with Crippen LogP contribution in [-0.2, 0) is 11.3 Å². The van der Waals surface area contributed by atoms with Crippen molar-refractivity contribution in [3.8, 4) is 0 Å². The Morgan fingerprint density at radius 3 is 2.86 bits per heavy atom. The maximum Gasteiger partial charge on any atom is 0.0731 e. The first-order chi connectivity index (χ1) is 10.1. The fraction of sp³-hybridized carbons (Fsp3) is 0.400. The zero-order valence-corrected chi connectivity index (χ0v) is 13.7. The van der Waals surface area contributed by atoms with E-state index in [-0.39, 0.29) is 6.04 Å². The van der Waals surface area contributed by atoms with Gasteiger partial charge >= 0.3 is 0 Å². The summed E-state index contributed by atoms with van der Waals surface area (Å²) in [5.74, 6) is 0. The van der Waals surface area contributed by atoms with Crippen LogP contribution in [0, 0.1) is 0 Å². The highest BCUT2D eigenvalue weighted by Gasteiger charge is 2.14. The molecule has 6 heteroatoms. The average molecular weight is 328 g/mol. The first-order valence-corrected chi connectivity index (χ1v) is 7.62. The molecule has 1 aromatic heterocycles. The number of hydrogen-bond donors (Lipinski definition) is 1. The van der Waals surface area contributed by atoms with Crippen LogP contribution in [0.25, 0.3) is 0 Å². The molecule has 0 saturated heterocycles. The monoisotopic (exact) mass is 327 g/mol. The molecule has 0 aliphatic carbocycles. The van der Waals surface area contributed by atoms with Gasteiger partial charge in [-0.05, 0) is 24.1 Å². The van der Waals surface area contributed by atoms with E-state index in [1.54, 1.807) is 13.2 Å². The van der Waals surface area contributed by atoms with Crippen molar-refractivity contribution in [2.75, 3.05) is 19.0 Å². The largest absolute Gasteiger partial charge is 0.383 e. The van der Waals surface area contributed by atoms with Crippen LogP contribution in [0.15, 0.2) is 30.6 Å². The van der Waals surface area contributed by atoms with Gasteiger partial charge in [-0.2, -0.15) is 5.10 Å². The lowest BCUT2D eigenvalue weighted by Crippen LogP contribution is -2.10. The van der Waals surface area contributed by atoms with E-state index >= 15 is 0 Å². The first kappa shape index (κ1) is 16.1. The lowest BCUT2D eigenvalue weighted by Gasteiger charge is -2.19. The standard InChI is InChI=1S/C15H19Cl2N3O/c1-3-15(13-5-4-11(16)8-14(13)17)19-12-9-18-20(10-12)6-7-21-2/h4-5,8-10,15,19H,3,6-7H2,1-2H3. The van der Waals surface area contributed by atoms with Crippen LogP contribution < -0.4 is 5.32 Å². The molecule has 0 amide bonds. The number of methoxy groups -OCH3 is 1. The van der Waals surface area contributed by atoms with Crippen molar-refractivity contribution in [2.24, 2.45) is 0 Å². The summed E-state index contributed by atoms with van der Waals surface area (Å²) in [4.78, 5) is 0. The first-order valence-electron chi connectivity index (χ1n) is 6.87. The summed E-state index contributed by atoms with van der Waals surface area (Å²) in [7, 11) is 1.68. The van der Waals surface area contributed by atoms with Gasteiger partial charge in [0, 0.05) is 23.4 Å². The predicted molar refractivity (Wildman–Crippen MR) is 87.2 cm³/mol. The van der Waals surface area contributed by atoms with Gasteiger partial charge < -0.3 is 10.1 Å². The number of rotatable bonds is 7. The molecule has 0 radical (unpaired) electrons. The predicted octanol–water partition coefficient (Wildman–Crippen LogP) is 4.40. The van der Waals surface area contributed by atoms with E-state index in [0.717, 1.165) is 24.2 Å². The number of aromatic nitrogens is 2. The topological polar surface area (TPSA) is 39.1 Å². The van der Waals surface area contributed by atoms with E-state index in [1.165, 1.54) is 0 Å². The molecule has 2 aromatic rings. The highest BCUT2D eigenvalue weighted by Crippen LogP contribution is 2.30. The lowest BCUT2D eigenvalue weighted by molar-refractivity contribution is 0.183. The Hall–Kier alpha value is -1.23. The third kappa shape index (κ3) is 4.37. The Balaban J connectivity index is 2.09. The molecule has 1 atom stereocenters. The van der Waals surface area contributed by atoms with Crippen LogP contribution in [-0.4, -0.2) is 23.5 Å². The van der Waals surface area contributed by atoms with Gasteiger partial charge in [0.05, 0.1) is 31.1 Å². The molecular formula is C15H19Cl2N3O. The van der Waals surface area contributed by atoms with Crippen LogP contribution in [0.5, 0.6) is 0 Å². The number of ether oxygens (including phenoxy) is 1. The summed E-state index contributed by atoms with van der Waals surface area (Å²) in [6.07, 6.45) is 4.68. The Morgan fingerprint density at radius 2 is 2.19 bits per heavy atom. The van der Waals surface area contributed by atoms with E-state index in [2.05, 4.69) is 17.3 Å². The van der Waals surface area contributed by atoms with Crippen LogP contribution in [0.4, 0.5) is 5.69 Å². The molecular weight excluding hydrogens is 309 g/mol. The highest BCUT2D eigenvalue weighted by atomic mass is 35.5. The van der Waals surface area contributed by atoms with E-state index in [9.17, 15) is 0 Å². The minimum atomic E-state index is 0.120. The number of nitrogens with zero attached hydrogens (tertiary/aromatic N) is 2. The van der Waals surface area contributed by atoms with Crippen molar-refractivity contribution in [3.05, 3.63) is 46.2 Å². The zero-order valence-electron chi connectivity index (χ0n) is 12.1. The summed E-state index contributed by atoms with van der Waals surface area (Å²) in [6.45, 7) is 3.48. The summed E-state index contributed by atoms with van der Waals surface area (Å²) >= 11 is 12.2. The van der Waals surface area contributed by atoms with Gasteiger partial charge in [-0.25, -0.2) is 0 Å². The molecule has 4 nitrogen and oxygen atoms in total. The van der Waals surface area contributed by atoms with E-state index < -0.39 is 0 Å². The summed E-state index contributed by atoms with van der Waals surface area (Å²) < 4.78 is 6.89. The average Bonchev–Trinajstić information content (AvgIpc) is 2.91. The van der Waals surface area contributed by atoms with Gasteiger partial charge in [0.1, 0.15) is 0 Å². The molecule has 21 heavy (non-hydrogen) atoms. The van der Waals surface area contributed by atoms with Gasteiger partial charge in [0.15, 0.2) is 0 Å². The Labute approximate surface area is 135 Å². The van der Waals surface area contributed by atoms with Crippen molar-refractivity contribution < 1.29 is 4.74 Å². The van der Waals surface area contributed by atoms with E-state index in [0.29, 0.717) is 16.7 Å². The van der Waals surface area contributed by atoms with Gasteiger partial charge in [0.2, 0.25) is 0 Å². The third-order valence-electron chi connectivity index (χ3n) is 3.24. The zero-order chi connectivity index (χ0) is 15.2. The number of nitrogens with one attached hydrogen (secondary N) is 1.